The largest absolute Gasteiger partial charge is 0.497 e. The van der Waals surface area contributed by atoms with Gasteiger partial charge in [-0.25, -0.2) is 18.2 Å². The number of allylic oxidation sites excluding steroid dienone is 1. The van der Waals surface area contributed by atoms with Crippen molar-refractivity contribution in [1.82, 2.24) is 25.2 Å². The van der Waals surface area contributed by atoms with Crippen molar-refractivity contribution in [1.29, 1.82) is 0 Å². The fourth-order valence-electron chi connectivity index (χ4n) is 9.34. The van der Waals surface area contributed by atoms with Gasteiger partial charge >= 0.3 is 12.3 Å². The lowest BCUT2D eigenvalue weighted by atomic mass is 9.88. The van der Waals surface area contributed by atoms with Gasteiger partial charge < -0.3 is 39.4 Å². The Hall–Kier alpha value is -5.63. The number of nitrogens with zero attached hydrogens (tertiary/aromatic N) is 3. The number of amides is 4. The van der Waals surface area contributed by atoms with E-state index in [1.165, 1.54) is 4.90 Å². The summed E-state index contributed by atoms with van der Waals surface area (Å²) in [7, 11) is -2.46. The molecule has 8 rings (SSSR count). The van der Waals surface area contributed by atoms with Crippen LogP contribution in [-0.4, -0.2) is 123 Å². The van der Waals surface area contributed by atoms with Gasteiger partial charge in [-0.15, -0.1) is 0 Å². The van der Waals surface area contributed by atoms with Gasteiger partial charge in [0.1, 0.15) is 29.5 Å². The van der Waals surface area contributed by atoms with Gasteiger partial charge in [-0.2, -0.15) is 13.2 Å². The number of carbonyl (C=O) groups excluding carboxylic acids is 4. The van der Waals surface area contributed by atoms with E-state index in [-0.39, 0.29) is 31.2 Å². The molecule has 0 bridgehead atoms. The zero-order valence-corrected chi connectivity index (χ0v) is 39.6. The number of rotatable bonds is 10. The predicted octanol–water partition coefficient (Wildman–Crippen LogP) is 6.03. The van der Waals surface area contributed by atoms with E-state index in [0.29, 0.717) is 76.0 Å². The number of fused-ring (bicyclic) bond motifs is 3. The van der Waals surface area contributed by atoms with Crippen LogP contribution in [0.5, 0.6) is 11.6 Å². The summed E-state index contributed by atoms with van der Waals surface area (Å²) in [5.41, 5.74) is -2.19. The number of halogens is 3. The number of anilines is 1. The number of alkyl carbamates (subject to hydrolysis) is 1. The van der Waals surface area contributed by atoms with Crippen LogP contribution in [0.2, 0.25) is 0 Å². The molecule has 3 N–H and O–H groups in total. The van der Waals surface area contributed by atoms with Crippen molar-refractivity contribution in [2.75, 3.05) is 44.9 Å². The van der Waals surface area contributed by atoms with Crippen LogP contribution < -0.4 is 29.7 Å². The number of sulfonamides is 1. The number of carbonyl (C=O) groups is 4. The second-order valence-electron chi connectivity index (χ2n) is 19.3. The van der Waals surface area contributed by atoms with Crippen molar-refractivity contribution in [2.45, 2.75) is 113 Å². The monoisotopic (exact) mass is 968 g/mol. The molecule has 0 spiro atoms. The Bertz CT molecular complexity index is 2550. The standard InChI is InChI=1S/C48H59F3N6O10S/c1-28-8-6-7-9-32-26-47(32,44(60)55-68(62,63)36-15-16-36)54-41(58)39-25-35(27-57(39)43(59)40(29(2)22-28)53-45(61)67-46(3,4)48(49,50)51)66-42-37-17-14-34(64-5)23-31(37)24-38(52-42)30-10-12-33(13-11-30)56-18-20-65-21-19-56/h7,9-14,17,23-24,28-29,32,35-36,39-40H,6,8,15-16,18-22,25-27H2,1-5H3,(H,53,61)(H,54,58)(H,55,60)/b9-7-/t28-,29+,32?,35?,39-,40-,47+/m0/s1. The summed E-state index contributed by atoms with van der Waals surface area (Å²) in [6, 6.07) is 12.4. The number of ether oxygens (including phenoxy) is 4. The van der Waals surface area contributed by atoms with E-state index >= 15 is 4.79 Å². The molecule has 368 valence electrons. The number of alkyl halides is 3. The van der Waals surface area contributed by atoms with Crippen molar-refractivity contribution in [2.24, 2.45) is 17.8 Å². The van der Waals surface area contributed by atoms with Gasteiger partial charge in [-0.3, -0.25) is 19.1 Å². The summed E-state index contributed by atoms with van der Waals surface area (Å²) in [6.45, 7) is 7.57. The maximum Gasteiger partial charge on any atom is 0.427 e. The Labute approximate surface area is 393 Å². The summed E-state index contributed by atoms with van der Waals surface area (Å²) < 4.78 is 92.6. The first-order valence-corrected chi connectivity index (χ1v) is 24.7. The van der Waals surface area contributed by atoms with Gasteiger partial charge in [0, 0.05) is 42.1 Å². The van der Waals surface area contributed by atoms with Gasteiger partial charge in [0.15, 0.2) is 0 Å². The van der Waals surface area contributed by atoms with Crippen molar-refractivity contribution >= 4 is 50.3 Å². The smallest absolute Gasteiger partial charge is 0.427 e. The van der Waals surface area contributed by atoms with Gasteiger partial charge in [0.05, 0.1) is 37.8 Å². The summed E-state index contributed by atoms with van der Waals surface area (Å²) >= 11 is 0. The molecule has 4 amide bonds. The van der Waals surface area contributed by atoms with E-state index in [4.69, 9.17) is 23.9 Å². The molecular formula is C48H59F3N6O10S. The highest BCUT2D eigenvalue weighted by Crippen LogP contribution is 2.46. The first-order valence-electron chi connectivity index (χ1n) is 23.2. The van der Waals surface area contributed by atoms with E-state index in [1.807, 2.05) is 49.4 Å². The Morgan fingerprint density at radius 3 is 2.38 bits per heavy atom. The molecule has 2 saturated carbocycles. The summed E-state index contributed by atoms with van der Waals surface area (Å²) in [6.07, 6.45) is -1.42. The van der Waals surface area contributed by atoms with Crippen LogP contribution in [0.25, 0.3) is 22.0 Å². The topological polar surface area (TPSA) is 195 Å². The maximum absolute atomic E-state index is 15.0. The minimum atomic E-state index is -4.93. The summed E-state index contributed by atoms with van der Waals surface area (Å²) in [4.78, 5) is 65.5. The summed E-state index contributed by atoms with van der Waals surface area (Å²) in [5.74, 6) is -2.98. The molecule has 7 atom stereocenters. The number of aromatic nitrogens is 1. The maximum atomic E-state index is 15.0. The molecule has 3 aliphatic heterocycles. The first-order chi connectivity index (χ1) is 32.2. The Balaban J connectivity index is 1.14. The molecule has 3 aromatic rings. The van der Waals surface area contributed by atoms with Gasteiger partial charge in [-0.1, -0.05) is 38.1 Å². The van der Waals surface area contributed by atoms with Crippen molar-refractivity contribution < 1.29 is 59.7 Å². The molecule has 4 fully saturated rings. The van der Waals surface area contributed by atoms with Gasteiger partial charge in [-0.05, 0) is 106 Å². The number of nitrogens with one attached hydrogen (secondary N) is 3. The van der Waals surface area contributed by atoms with E-state index in [0.717, 1.165) is 29.7 Å². The minimum Gasteiger partial charge on any atom is -0.497 e. The van der Waals surface area contributed by atoms with Crippen molar-refractivity contribution in [3.05, 3.63) is 60.7 Å². The molecule has 16 nitrogen and oxygen atoms in total. The van der Waals surface area contributed by atoms with Gasteiger partial charge in [0.25, 0.3) is 5.91 Å². The van der Waals surface area contributed by atoms with Crippen LogP contribution in [0, 0.1) is 17.8 Å². The average molecular weight is 969 g/mol. The molecule has 5 aliphatic rings. The third kappa shape index (κ3) is 10.5. The van der Waals surface area contributed by atoms with E-state index in [1.54, 1.807) is 32.2 Å². The van der Waals surface area contributed by atoms with Crippen LogP contribution in [0.4, 0.5) is 23.7 Å². The van der Waals surface area contributed by atoms with Crippen LogP contribution in [-0.2, 0) is 33.9 Å². The van der Waals surface area contributed by atoms with Gasteiger partial charge in [0.2, 0.25) is 33.3 Å². The zero-order valence-electron chi connectivity index (χ0n) is 38.8. The lowest BCUT2D eigenvalue weighted by Crippen LogP contribution is -2.59. The molecule has 1 aromatic heterocycles. The number of hydrogen-bond acceptors (Lipinski definition) is 12. The normalized spacial score (nSPS) is 27.7. The third-order valence-corrected chi connectivity index (χ3v) is 15.6. The molecular weight excluding hydrogens is 910 g/mol. The zero-order chi connectivity index (χ0) is 48.8. The molecule has 4 heterocycles. The molecule has 0 radical (unpaired) electrons. The predicted molar refractivity (Wildman–Crippen MR) is 245 cm³/mol. The van der Waals surface area contributed by atoms with Crippen LogP contribution >= 0.6 is 0 Å². The second kappa shape index (κ2) is 19.0. The van der Waals surface area contributed by atoms with E-state index < -0.39 is 86.4 Å². The fraction of sp³-hybridized carbons (Fsp3) is 0.562. The van der Waals surface area contributed by atoms with Crippen molar-refractivity contribution in [3.63, 3.8) is 0 Å². The second-order valence-corrected chi connectivity index (χ2v) is 21.3. The molecule has 2 aromatic carbocycles. The SMILES string of the molecule is COc1ccc2c(OC3C[C@H]4C(=O)N[C@]5(C(=O)NS(=O)(=O)C6CC6)CC5/C=C\CC[C@H](C)C[C@@H](C)[C@H](NC(=O)OC(C)(C)C(F)(F)F)C(=O)N4C3)nc(-c3ccc(N4CCOCC4)cc3)cc2c1. The molecule has 2 unspecified atom stereocenters. The first kappa shape index (κ1) is 48.8. The van der Waals surface area contributed by atoms with Crippen LogP contribution in [0.1, 0.15) is 72.6 Å². The number of hydrogen-bond donors (Lipinski definition) is 3. The Morgan fingerprint density at radius 1 is 0.985 bits per heavy atom. The summed E-state index contributed by atoms with van der Waals surface area (Å²) in [5, 5.41) is 5.85. The Morgan fingerprint density at radius 2 is 1.71 bits per heavy atom. The number of methoxy groups -OCH3 is 1. The van der Waals surface area contributed by atoms with Crippen molar-refractivity contribution in [3.8, 4) is 22.9 Å². The highest BCUT2D eigenvalue weighted by molar-refractivity contribution is 7.91. The molecule has 20 heteroatoms. The highest BCUT2D eigenvalue weighted by atomic mass is 32.2. The van der Waals surface area contributed by atoms with E-state index in [2.05, 4.69) is 20.3 Å². The Kier molecular flexibility index (Phi) is 13.7. The minimum absolute atomic E-state index is 0.0542. The lowest BCUT2D eigenvalue weighted by molar-refractivity contribution is -0.244. The molecule has 2 aliphatic carbocycles. The third-order valence-electron chi connectivity index (χ3n) is 13.7. The number of morpholine rings is 1. The molecule has 2 saturated heterocycles. The lowest BCUT2D eigenvalue weighted by Gasteiger charge is -2.34. The number of pyridine rings is 1. The number of benzene rings is 2. The van der Waals surface area contributed by atoms with E-state index in [9.17, 15) is 36.0 Å². The fourth-order valence-corrected chi connectivity index (χ4v) is 10.7. The quantitative estimate of drug-likeness (QED) is 0.200. The average Bonchev–Trinajstić information content (AvgIpc) is 4.23. The molecule has 68 heavy (non-hydrogen) atoms. The van der Waals surface area contributed by atoms with Crippen LogP contribution in [0.3, 0.4) is 0 Å². The van der Waals surface area contributed by atoms with Crippen LogP contribution in [0.15, 0.2) is 60.7 Å². The highest BCUT2D eigenvalue weighted by Gasteiger charge is 2.62.